The van der Waals surface area contributed by atoms with E-state index in [1.165, 1.54) is 66.3 Å². The number of rotatable bonds is 11. The fourth-order valence-electron chi connectivity index (χ4n) is 5.18. The highest BCUT2D eigenvalue weighted by Gasteiger charge is 2.23. The molecule has 1 aromatic heterocycles. The first-order chi connectivity index (χ1) is 16.2. The van der Waals surface area contributed by atoms with Gasteiger partial charge in [0, 0.05) is 36.9 Å². The minimum absolute atomic E-state index is 0.605. The average molecular weight is 467 g/mol. The number of nitrogens with two attached hydrogens (primary N) is 1. The summed E-state index contributed by atoms with van der Waals surface area (Å²) in [6.07, 6.45) is 10.8. The molecule has 5 heteroatoms. The van der Waals surface area contributed by atoms with E-state index >= 15 is 0 Å². The highest BCUT2D eigenvalue weighted by atomic mass is 35.5. The Bertz CT molecular complexity index is 1020. The molecule has 0 saturated carbocycles. The number of aromatic amines is 1. The van der Waals surface area contributed by atoms with Crippen LogP contribution in [0.4, 0.5) is 5.69 Å². The van der Waals surface area contributed by atoms with Crippen LogP contribution in [0.5, 0.6) is 0 Å². The third-order valence-corrected chi connectivity index (χ3v) is 7.52. The summed E-state index contributed by atoms with van der Waals surface area (Å²) in [5.74, 6) is 0.605. The Morgan fingerprint density at radius 1 is 1.09 bits per heavy atom. The first-order valence-corrected chi connectivity index (χ1v) is 13.1. The van der Waals surface area contributed by atoms with Crippen molar-refractivity contribution >= 4 is 28.2 Å². The molecule has 4 rings (SSSR count). The number of nitrogens with one attached hydrogen (secondary N) is 2. The van der Waals surface area contributed by atoms with E-state index in [0.717, 1.165) is 43.1 Å². The van der Waals surface area contributed by atoms with Gasteiger partial charge in [-0.25, -0.2) is 0 Å². The highest BCUT2D eigenvalue weighted by Crippen LogP contribution is 2.35. The van der Waals surface area contributed by atoms with Crippen molar-refractivity contribution in [1.29, 1.82) is 0 Å². The lowest BCUT2D eigenvalue weighted by Gasteiger charge is -2.32. The summed E-state index contributed by atoms with van der Waals surface area (Å²) in [6, 6.07) is 12.9. The van der Waals surface area contributed by atoms with Gasteiger partial charge in [0.2, 0.25) is 0 Å². The number of hydrogen-bond acceptors (Lipinski definition) is 3. The number of likely N-dealkylation sites (tertiary alicyclic amines) is 1. The molecule has 0 spiro atoms. The van der Waals surface area contributed by atoms with Gasteiger partial charge in [-0.05, 0) is 79.6 Å². The van der Waals surface area contributed by atoms with E-state index in [0.29, 0.717) is 12.5 Å². The number of fused-ring (bicyclic) bond motifs is 1. The van der Waals surface area contributed by atoms with Gasteiger partial charge >= 0.3 is 0 Å². The monoisotopic (exact) mass is 466 g/mol. The summed E-state index contributed by atoms with van der Waals surface area (Å²) in [5, 5.41) is 5.70. The van der Waals surface area contributed by atoms with Crippen LogP contribution in [0.2, 0.25) is 5.02 Å². The molecule has 0 unspecified atom stereocenters. The van der Waals surface area contributed by atoms with Crippen molar-refractivity contribution in [2.45, 2.75) is 64.3 Å². The van der Waals surface area contributed by atoms with Gasteiger partial charge in [0.15, 0.2) is 0 Å². The first kappa shape index (κ1) is 24.1. The van der Waals surface area contributed by atoms with Crippen molar-refractivity contribution in [1.82, 2.24) is 9.88 Å². The van der Waals surface area contributed by atoms with Crippen molar-refractivity contribution < 1.29 is 0 Å². The van der Waals surface area contributed by atoms with Gasteiger partial charge in [-0.3, -0.25) is 0 Å². The number of para-hydroxylation sites is 1. The maximum absolute atomic E-state index is 6.36. The fraction of sp³-hybridized carbons (Fsp3) is 0.500. The highest BCUT2D eigenvalue weighted by molar-refractivity contribution is 6.35. The molecule has 2 heterocycles. The minimum Gasteiger partial charge on any atom is -0.385 e. The molecule has 4 nitrogen and oxygen atoms in total. The molecule has 3 aromatic rings. The van der Waals surface area contributed by atoms with Crippen molar-refractivity contribution in [3.63, 3.8) is 0 Å². The third-order valence-electron chi connectivity index (χ3n) is 7.21. The topological polar surface area (TPSA) is 57.1 Å². The zero-order chi connectivity index (χ0) is 23.0. The predicted molar refractivity (Wildman–Crippen MR) is 142 cm³/mol. The van der Waals surface area contributed by atoms with Crippen molar-refractivity contribution in [2.24, 2.45) is 5.73 Å². The Balaban J connectivity index is 1.30. The lowest BCUT2D eigenvalue weighted by atomic mass is 9.89. The maximum atomic E-state index is 6.36. The molecule has 1 aliphatic rings. The predicted octanol–water partition coefficient (Wildman–Crippen LogP) is 6.69. The standard InChI is InChI=1S/C28H39ClN4/c1-2-3-4-5-14-31-24-10-9-23(19-30)22(18-24)13-17-33-15-11-21(12-16-33)26-20-32-28-25(26)7-6-8-27(28)29/h6-10,18,20-21,31-32H,2-5,11-17,19,30H2,1H3. The van der Waals surface area contributed by atoms with Crippen LogP contribution in [0.3, 0.4) is 0 Å². The molecule has 0 radical (unpaired) electrons. The molecule has 4 N–H and O–H groups in total. The maximum Gasteiger partial charge on any atom is 0.0647 e. The van der Waals surface area contributed by atoms with Gasteiger partial charge in [0.05, 0.1) is 10.5 Å². The van der Waals surface area contributed by atoms with E-state index < -0.39 is 0 Å². The van der Waals surface area contributed by atoms with Crippen LogP contribution < -0.4 is 11.1 Å². The number of H-pyrrole nitrogens is 1. The van der Waals surface area contributed by atoms with E-state index in [1.807, 2.05) is 6.07 Å². The van der Waals surface area contributed by atoms with E-state index in [4.69, 9.17) is 17.3 Å². The molecule has 1 saturated heterocycles. The number of unbranched alkanes of at least 4 members (excludes halogenated alkanes) is 3. The van der Waals surface area contributed by atoms with Crippen LogP contribution >= 0.6 is 11.6 Å². The summed E-state index contributed by atoms with van der Waals surface area (Å²) in [5.41, 5.74) is 12.4. The largest absolute Gasteiger partial charge is 0.385 e. The normalized spacial score (nSPS) is 15.4. The molecule has 0 aliphatic carbocycles. The molecular weight excluding hydrogens is 428 g/mol. The van der Waals surface area contributed by atoms with Gasteiger partial charge in [-0.15, -0.1) is 0 Å². The van der Waals surface area contributed by atoms with E-state index in [9.17, 15) is 0 Å². The van der Waals surface area contributed by atoms with Crippen LogP contribution in [0.15, 0.2) is 42.6 Å². The number of aromatic nitrogens is 1. The molecule has 178 valence electrons. The lowest BCUT2D eigenvalue weighted by molar-refractivity contribution is 0.215. The zero-order valence-electron chi connectivity index (χ0n) is 20.0. The number of hydrogen-bond donors (Lipinski definition) is 3. The third kappa shape index (κ3) is 6.11. The van der Waals surface area contributed by atoms with Crippen LogP contribution in [0, 0.1) is 0 Å². The summed E-state index contributed by atoms with van der Waals surface area (Å²) in [6.45, 7) is 7.30. The van der Waals surface area contributed by atoms with Gasteiger partial charge in [0.1, 0.15) is 0 Å². The molecule has 1 aliphatic heterocycles. The first-order valence-electron chi connectivity index (χ1n) is 12.7. The van der Waals surface area contributed by atoms with E-state index in [-0.39, 0.29) is 0 Å². The summed E-state index contributed by atoms with van der Waals surface area (Å²) in [7, 11) is 0. The number of nitrogens with zero attached hydrogens (tertiary/aromatic N) is 1. The van der Waals surface area contributed by atoms with Gasteiger partial charge in [-0.1, -0.05) is 56.0 Å². The van der Waals surface area contributed by atoms with Gasteiger partial charge < -0.3 is 20.9 Å². The SMILES string of the molecule is CCCCCCNc1ccc(CN)c(CCN2CCC(c3c[nH]c4c(Cl)cccc34)CC2)c1. The van der Waals surface area contributed by atoms with E-state index in [1.54, 1.807) is 0 Å². The second-order valence-electron chi connectivity index (χ2n) is 9.45. The van der Waals surface area contributed by atoms with Crippen LogP contribution in [-0.4, -0.2) is 36.1 Å². The van der Waals surface area contributed by atoms with Crippen LogP contribution in [0.1, 0.15) is 68.1 Å². The number of halogens is 1. The molecule has 2 aromatic carbocycles. The minimum atomic E-state index is 0.605. The summed E-state index contributed by atoms with van der Waals surface area (Å²) < 4.78 is 0. The second kappa shape index (κ2) is 11.9. The van der Waals surface area contributed by atoms with Crippen LogP contribution in [0.25, 0.3) is 10.9 Å². The smallest absolute Gasteiger partial charge is 0.0647 e. The number of benzene rings is 2. The molecule has 33 heavy (non-hydrogen) atoms. The van der Waals surface area contributed by atoms with Gasteiger partial charge in [-0.2, -0.15) is 0 Å². The molecule has 0 bridgehead atoms. The Morgan fingerprint density at radius 3 is 2.73 bits per heavy atom. The molecule has 1 fully saturated rings. The number of piperidine rings is 1. The average Bonchev–Trinajstić information content (AvgIpc) is 3.28. The Hall–Kier alpha value is -2.01. The Kier molecular flexibility index (Phi) is 8.71. The Morgan fingerprint density at radius 2 is 1.94 bits per heavy atom. The van der Waals surface area contributed by atoms with Crippen LogP contribution in [-0.2, 0) is 13.0 Å². The quantitative estimate of drug-likeness (QED) is 0.276. The Labute approximate surface area is 203 Å². The summed E-state index contributed by atoms with van der Waals surface area (Å²) >= 11 is 6.36. The fourth-order valence-corrected chi connectivity index (χ4v) is 5.40. The lowest BCUT2D eigenvalue weighted by Crippen LogP contribution is -2.34. The summed E-state index contributed by atoms with van der Waals surface area (Å²) in [4.78, 5) is 6.01. The number of anilines is 1. The van der Waals surface area contributed by atoms with E-state index in [2.05, 4.69) is 58.7 Å². The van der Waals surface area contributed by atoms with Crippen molar-refractivity contribution in [2.75, 3.05) is 31.5 Å². The molecule has 0 amide bonds. The second-order valence-corrected chi connectivity index (χ2v) is 9.85. The zero-order valence-corrected chi connectivity index (χ0v) is 20.8. The van der Waals surface area contributed by atoms with Crippen molar-refractivity contribution in [3.05, 3.63) is 64.3 Å². The van der Waals surface area contributed by atoms with Gasteiger partial charge in [0.25, 0.3) is 0 Å². The molecule has 0 atom stereocenters. The van der Waals surface area contributed by atoms with Crippen molar-refractivity contribution in [3.8, 4) is 0 Å². The molecular formula is C28H39ClN4.